The summed E-state index contributed by atoms with van der Waals surface area (Å²) in [6.45, 7) is 5.67. The maximum Gasteiger partial charge on any atom is 0.280 e. The lowest BCUT2D eigenvalue weighted by molar-refractivity contribution is -0.122. The Morgan fingerprint density at radius 1 is 1.29 bits per heavy atom. The van der Waals surface area contributed by atoms with Crippen LogP contribution in [0, 0.1) is 0 Å². The normalized spacial score (nSPS) is 17.6. The highest BCUT2D eigenvalue weighted by atomic mass is 19.3. The van der Waals surface area contributed by atoms with Gasteiger partial charge in [0.1, 0.15) is 23.4 Å². The molecule has 150 valence electrons. The molecule has 5 nitrogen and oxygen atoms in total. The first kappa shape index (κ1) is 20.0. The summed E-state index contributed by atoms with van der Waals surface area (Å²) in [5.74, 6) is 1.06. The Bertz CT molecular complexity index is 798. The molecule has 28 heavy (non-hydrogen) atoms. The fourth-order valence-corrected chi connectivity index (χ4v) is 3.28. The van der Waals surface area contributed by atoms with Gasteiger partial charge < -0.3 is 15.0 Å². The number of rotatable bonds is 7. The van der Waals surface area contributed by atoms with Crippen molar-refractivity contribution in [3.05, 3.63) is 53.7 Å². The molecular weight excluding hydrogens is 364 g/mol. The summed E-state index contributed by atoms with van der Waals surface area (Å²) in [5, 5.41) is 2.82. The van der Waals surface area contributed by atoms with E-state index in [1.807, 2.05) is 43.0 Å². The van der Waals surface area contributed by atoms with Gasteiger partial charge in [0.2, 0.25) is 5.91 Å². The maximum atomic E-state index is 12.8. The molecule has 1 aromatic heterocycles. The first-order valence-electron chi connectivity index (χ1n) is 9.52. The Balaban J connectivity index is 1.58. The second-order valence-electron chi connectivity index (χ2n) is 6.88. The molecule has 1 aromatic carbocycles. The van der Waals surface area contributed by atoms with Crippen molar-refractivity contribution < 1.29 is 18.3 Å². The van der Waals surface area contributed by atoms with Crippen LogP contribution >= 0.6 is 0 Å². The van der Waals surface area contributed by atoms with Crippen LogP contribution in [-0.4, -0.2) is 36.6 Å². The Kier molecular flexibility index (Phi) is 6.44. The number of anilines is 1. The number of hydrogen-bond donors (Lipinski definition) is 1. The van der Waals surface area contributed by atoms with Gasteiger partial charge >= 0.3 is 0 Å². The molecule has 1 aliphatic rings. The molecule has 1 saturated heterocycles. The Morgan fingerprint density at radius 2 is 2.04 bits per heavy atom. The molecule has 0 bridgehead atoms. The standard InChI is InChI=1S/C21H25F2N3O2/c1-3-24-21(27)14(2)15-7-9-16(10-8-15)28-17-11-12-26(13-17)19-6-4-5-18(25-19)20(22)23/h4-10,14,17,20H,3,11-13H2,1-2H3,(H,24,27)/t14?,17-/m1/s1. The zero-order valence-corrected chi connectivity index (χ0v) is 16.1. The molecule has 1 aliphatic heterocycles. The van der Waals surface area contributed by atoms with Crippen molar-refractivity contribution in [1.29, 1.82) is 0 Å². The highest BCUT2D eigenvalue weighted by Crippen LogP contribution is 2.26. The van der Waals surface area contributed by atoms with Crippen molar-refractivity contribution >= 4 is 11.7 Å². The number of hydrogen-bond acceptors (Lipinski definition) is 4. The van der Waals surface area contributed by atoms with E-state index in [1.165, 1.54) is 6.07 Å². The van der Waals surface area contributed by atoms with Crippen molar-refractivity contribution in [2.24, 2.45) is 0 Å². The van der Waals surface area contributed by atoms with Crippen molar-refractivity contribution in [1.82, 2.24) is 10.3 Å². The Hall–Kier alpha value is -2.70. The second-order valence-corrected chi connectivity index (χ2v) is 6.88. The predicted molar refractivity (Wildman–Crippen MR) is 104 cm³/mol. The smallest absolute Gasteiger partial charge is 0.280 e. The van der Waals surface area contributed by atoms with E-state index < -0.39 is 6.43 Å². The zero-order chi connectivity index (χ0) is 20.1. The molecule has 1 unspecified atom stereocenters. The lowest BCUT2D eigenvalue weighted by Crippen LogP contribution is -2.27. The van der Waals surface area contributed by atoms with Gasteiger partial charge in [-0.1, -0.05) is 18.2 Å². The summed E-state index contributed by atoms with van der Waals surface area (Å²) in [5.41, 5.74) is 0.720. The minimum atomic E-state index is -2.57. The lowest BCUT2D eigenvalue weighted by atomic mass is 10.0. The number of nitrogens with one attached hydrogen (secondary N) is 1. The van der Waals surface area contributed by atoms with Crippen LogP contribution in [0.4, 0.5) is 14.6 Å². The van der Waals surface area contributed by atoms with Crippen LogP contribution in [0.25, 0.3) is 0 Å². The summed E-state index contributed by atoms with van der Waals surface area (Å²) >= 11 is 0. The highest BCUT2D eigenvalue weighted by Gasteiger charge is 2.26. The number of ether oxygens (including phenoxy) is 1. The van der Waals surface area contributed by atoms with Crippen LogP contribution < -0.4 is 15.0 Å². The van der Waals surface area contributed by atoms with E-state index in [0.717, 1.165) is 17.7 Å². The first-order valence-corrected chi connectivity index (χ1v) is 9.52. The lowest BCUT2D eigenvalue weighted by Gasteiger charge is -2.19. The molecule has 0 spiro atoms. The highest BCUT2D eigenvalue weighted by molar-refractivity contribution is 5.83. The molecule has 7 heteroatoms. The predicted octanol–water partition coefficient (Wildman–Crippen LogP) is 3.92. The summed E-state index contributed by atoms with van der Waals surface area (Å²) < 4.78 is 31.7. The Morgan fingerprint density at radius 3 is 2.71 bits per heavy atom. The number of amides is 1. The van der Waals surface area contributed by atoms with Crippen LogP contribution in [-0.2, 0) is 4.79 Å². The average molecular weight is 389 g/mol. The number of nitrogens with zero attached hydrogens (tertiary/aromatic N) is 2. The van der Waals surface area contributed by atoms with Gasteiger partial charge in [0.15, 0.2) is 0 Å². The van der Waals surface area contributed by atoms with E-state index in [9.17, 15) is 13.6 Å². The van der Waals surface area contributed by atoms with E-state index in [2.05, 4.69) is 10.3 Å². The third-order valence-corrected chi connectivity index (χ3v) is 4.88. The van der Waals surface area contributed by atoms with Gasteiger partial charge in [-0.25, -0.2) is 13.8 Å². The number of aromatic nitrogens is 1. The van der Waals surface area contributed by atoms with Crippen LogP contribution in [0.15, 0.2) is 42.5 Å². The number of alkyl halides is 2. The molecule has 3 rings (SSSR count). The zero-order valence-electron chi connectivity index (χ0n) is 16.1. The fraction of sp³-hybridized carbons (Fsp3) is 0.429. The van der Waals surface area contributed by atoms with Crippen LogP contribution in [0.1, 0.15) is 43.9 Å². The van der Waals surface area contributed by atoms with Gasteiger partial charge in [-0.05, 0) is 43.7 Å². The number of halogens is 2. The number of pyridine rings is 1. The molecule has 1 fully saturated rings. The SMILES string of the molecule is CCNC(=O)C(C)c1ccc(O[C@@H]2CCN(c3cccc(C(F)F)n3)C2)cc1. The largest absolute Gasteiger partial charge is 0.489 e. The van der Waals surface area contributed by atoms with Gasteiger partial charge in [0.05, 0.1) is 12.5 Å². The summed E-state index contributed by atoms with van der Waals surface area (Å²) in [6.07, 6.45) is -1.82. The molecule has 2 atom stereocenters. The van der Waals surface area contributed by atoms with E-state index in [-0.39, 0.29) is 23.6 Å². The Labute approximate surface area is 163 Å². The molecule has 0 aliphatic carbocycles. The monoisotopic (exact) mass is 389 g/mol. The van der Waals surface area contributed by atoms with Gasteiger partial charge in [0.25, 0.3) is 6.43 Å². The molecule has 1 N–H and O–H groups in total. The molecule has 2 aromatic rings. The third-order valence-electron chi connectivity index (χ3n) is 4.88. The molecule has 1 amide bonds. The van der Waals surface area contributed by atoms with Crippen LogP contribution in [0.2, 0.25) is 0 Å². The number of benzene rings is 1. The van der Waals surface area contributed by atoms with Crippen molar-refractivity contribution in [2.75, 3.05) is 24.5 Å². The van der Waals surface area contributed by atoms with Gasteiger partial charge in [0, 0.05) is 19.5 Å². The van der Waals surface area contributed by atoms with Gasteiger partial charge in [-0.3, -0.25) is 4.79 Å². The van der Waals surface area contributed by atoms with Crippen molar-refractivity contribution in [2.45, 2.75) is 38.7 Å². The molecule has 2 heterocycles. The van der Waals surface area contributed by atoms with E-state index in [0.29, 0.717) is 25.5 Å². The number of carbonyl (C=O) groups is 1. The maximum absolute atomic E-state index is 12.8. The number of carbonyl (C=O) groups excluding carboxylic acids is 1. The quantitative estimate of drug-likeness (QED) is 0.780. The van der Waals surface area contributed by atoms with E-state index in [4.69, 9.17) is 4.74 Å². The van der Waals surface area contributed by atoms with Gasteiger partial charge in [-0.15, -0.1) is 0 Å². The van der Waals surface area contributed by atoms with Crippen LogP contribution in [0.3, 0.4) is 0 Å². The summed E-state index contributed by atoms with van der Waals surface area (Å²) in [4.78, 5) is 17.9. The molecular formula is C21H25F2N3O2. The minimum absolute atomic E-state index is 0.00105. The van der Waals surface area contributed by atoms with Crippen molar-refractivity contribution in [3.8, 4) is 5.75 Å². The number of likely N-dealkylation sites (N-methyl/N-ethyl adjacent to an activating group) is 1. The summed E-state index contributed by atoms with van der Waals surface area (Å²) in [6, 6.07) is 12.2. The van der Waals surface area contributed by atoms with Crippen LogP contribution in [0.5, 0.6) is 5.75 Å². The fourth-order valence-electron chi connectivity index (χ4n) is 3.28. The van der Waals surface area contributed by atoms with E-state index in [1.54, 1.807) is 12.1 Å². The summed E-state index contributed by atoms with van der Waals surface area (Å²) in [7, 11) is 0. The topological polar surface area (TPSA) is 54.5 Å². The first-order chi connectivity index (χ1) is 13.5. The van der Waals surface area contributed by atoms with E-state index >= 15 is 0 Å². The minimum Gasteiger partial charge on any atom is -0.489 e. The third kappa shape index (κ3) is 4.77. The van der Waals surface area contributed by atoms with Gasteiger partial charge in [-0.2, -0.15) is 0 Å². The second kappa shape index (κ2) is 8.99. The molecule has 0 radical (unpaired) electrons. The average Bonchev–Trinajstić information content (AvgIpc) is 3.17. The molecule has 0 saturated carbocycles. The van der Waals surface area contributed by atoms with Crippen molar-refractivity contribution in [3.63, 3.8) is 0 Å².